The number of carbonyl (C=O) groups is 1. The first-order chi connectivity index (χ1) is 10.9. The molecule has 0 bridgehead atoms. The highest BCUT2D eigenvalue weighted by Crippen LogP contribution is 2.29. The molecular formula is C15H14F3N3O2. The summed E-state index contributed by atoms with van der Waals surface area (Å²) in [5.74, 6) is -1.32. The van der Waals surface area contributed by atoms with E-state index in [2.05, 4.69) is 20.0 Å². The Hall–Kier alpha value is -2.38. The highest BCUT2D eigenvalue weighted by Gasteiger charge is 2.38. The number of benzene rings is 1. The predicted octanol–water partition coefficient (Wildman–Crippen LogP) is 3.17. The molecule has 1 aliphatic carbocycles. The van der Waals surface area contributed by atoms with Crippen LogP contribution in [0.15, 0.2) is 28.8 Å². The van der Waals surface area contributed by atoms with Crippen molar-refractivity contribution in [3.8, 4) is 11.4 Å². The molecule has 1 aromatic carbocycles. The fourth-order valence-corrected chi connectivity index (χ4v) is 2.23. The van der Waals surface area contributed by atoms with Crippen LogP contribution in [-0.2, 0) is 17.5 Å². The molecule has 0 saturated heterocycles. The lowest BCUT2D eigenvalue weighted by molar-refractivity contribution is -0.159. The topological polar surface area (TPSA) is 68.0 Å². The molecule has 0 radical (unpaired) electrons. The minimum absolute atomic E-state index is 0.0494. The van der Waals surface area contributed by atoms with Crippen LogP contribution in [0.3, 0.4) is 0 Å². The number of alkyl halides is 3. The molecule has 1 aliphatic rings. The second kappa shape index (κ2) is 6.02. The summed E-state index contributed by atoms with van der Waals surface area (Å²) in [7, 11) is 0. The van der Waals surface area contributed by atoms with E-state index in [0.717, 1.165) is 24.8 Å². The Morgan fingerprint density at radius 2 is 1.96 bits per heavy atom. The summed E-state index contributed by atoms with van der Waals surface area (Å²) in [6.07, 6.45) is -1.69. The highest BCUT2D eigenvalue weighted by molar-refractivity contribution is 5.79. The van der Waals surface area contributed by atoms with Crippen molar-refractivity contribution in [2.45, 2.75) is 32.0 Å². The minimum Gasteiger partial charge on any atom is -0.352 e. The lowest BCUT2D eigenvalue weighted by atomic mass is 9.85. The van der Waals surface area contributed by atoms with Gasteiger partial charge in [0.05, 0.1) is 0 Å². The van der Waals surface area contributed by atoms with Crippen molar-refractivity contribution in [2.75, 3.05) is 0 Å². The van der Waals surface area contributed by atoms with Crippen molar-refractivity contribution in [1.29, 1.82) is 0 Å². The van der Waals surface area contributed by atoms with E-state index >= 15 is 0 Å². The summed E-state index contributed by atoms with van der Waals surface area (Å²) in [5, 5.41) is 6.17. The minimum atomic E-state index is -4.66. The number of halogens is 3. The molecule has 5 nitrogen and oxygen atoms in total. The number of carbonyl (C=O) groups excluding carboxylic acids is 1. The first-order valence-electron chi connectivity index (χ1n) is 7.21. The van der Waals surface area contributed by atoms with E-state index in [0.29, 0.717) is 12.1 Å². The summed E-state index contributed by atoms with van der Waals surface area (Å²) in [4.78, 5) is 15.1. The highest BCUT2D eigenvalue weighted by atomic mass is 19.4. The molecule has 1 saturated carbocycles. The molecule has 3 rings (SSSR count). The fourth-order valence-electron chi connectivity index (χ4n) is 2.23. The monoisotopic (exact) mass is 325 g/mol. The standard InChI is InChI=1S/C15H14F3N3O2/c16-15(17,18)14-20-12(21-23-14)10-6-4-9(5-7-10)8-19-13(22)11-2-1-3-11/h4-7,11H,1-3,8H2,(H,19,22). The zero-order valence-corrected chi connectivity index (χ0v) is 12.1. The van der Waals surface area contributed by atoms with Crippen LogP contribution in [0.4, 0.5) is 13.2 Å². The Morgan fingerprint density at radius 3 is 2.48 bits per heavy atom. The van der Waals surface area contributed by atoms with Crippen molar-refractivity contribution in [3.05, 3.63) is 35.7 Å². The van der Waals surface area contributed by atoms with Gasteiger partial charge in [-0.25, -0.2) is 0 Å². The summed E-state index contributed by atoms with van der Waals surface area (Å²) in [6.45, 7) is 0.385. The largest absolute Gasteiger partial charge is 0.471 e. The maximum Gasteiger partial charge on any atom is 0.471 e. The molecule has 2 aromatic rings. The third-order valence-corrected chi connectivity index (χ3v) is 3.82. The molecule has 0 spiro atoms. The van der Waals surface area contributed by atoms with Gasteiger partial charge in [-0.15, -0.1) is 0 Å². The van der Waals surface area contributed by atoms with Crippen molar-refractivity contribution in [3.63, 3.8) is 0 Å². The van der Waals surface area contributed by atoms with E-state index in [1.807, 2.05) is 0 Å². The van der Waals surface area contributed by atoms with Crippen LogP contribution in [0.5, 0.6) is 0 Å². The third-order valence-electron chi connectivity index (χ3n) is 3.82. The van der Waals surface area contributed by atoms with Crippen molar-refractivity contribution in [1.82, 2.24) is 15.5 Å². The summed E-state index contributed by atoms with van der Waals surface area (Å²) in [5.41, 5.74) is 1.26. The molecule has 0 aliphatic heterocycles. The summed E-state index contributed by atoms with van der Waals surface area (Å²) < 4.78 is 41.5. The van der Waals surface area contributed by atoms with E-state index in [1.54, 1.807) is 24.3 Å². The average Bonchev–Trinajstić information content (AvgIpc) is 2.93. The average molecular weight is 325 g/mol. The molecule has 23 heavy (non-hydrogen) atoms. The van der Waals surface area contributed by atoms with Gasteiger partial charge in [-0.3, -0.25) is 4.79 Å². The van der Waals surface area contributed by atoms with E-state index in [4.69, 9.17) is 0 Å². The molecule has 122 valence electrons. The molecule has 1 amide bonds. The number of rotatable bonds is 4. The quantitative estimate of drug-likeness (QED) is 0.937. The first kappa shape index (κ1) is 15.5. The van der Waals surface area contributed by atoms with Crippen LogP contribution < -0.4 is 5.32 Å². The summed E-state index contributed by atoms with van der Waals surface area (Å²) >= 11 is 0. The second-order valence-electron chi connectivity index (χ2n) is 5.46. The van der Waals surface area contributed by atoms with Gasteiger partial charge in [0.1, 0.15) is 0 Å². The Bertz CT molecular complexity index is 691. The number of hydrogen-bond donors (Lipinski definition) is 1. The maximum absolute atomic E-state index is 12.4. The Labute approximate surface area is 129 Å². The SMILES string of the molecule is O=C(NCc1ccc(-c2noc(C(F)(F)F)n2)cc1)C1CCC1. The number of nitrogens with zero attached hydrogens (tertiary/aromatic N) is 2. The van der Waals surface area contributed by atoms with Crippen molar-refractivity contribution in [2.24, 2.45) is 5.92 Å². The van der Waals surface area contributed by atoms with E-state index in [1.165, 1.54) is 0 Å². The van der Waals surface area contributed by atoms with Gasteiger partial charge >= 0.3 is 12.1 Å². The van der Waals surface area contributed by atoms with Crippen LogP contribution in [-0.4, -0.2) is 16.0 Å². The predicted molar refractivity (Wildman–Crippen MR) is 73.9 cm³/mol. The molecule has 1 heterocycles. The normalized spacial score (nSPS) is 15.3. The molecule has 0 atom stereocenters. The molecule has 1 N–H and O–H groups in total. The summed E-state index contributed by atoms with van der Waals surface area (Å²) in [6, 6.07) is 6.60. The molecular weight excluding hydrogens is 311 g/mol. The molecule has 0 unspecified atom stereocenters. The lowest BCUT2D eigenvalue weighted by Gasteiger charge is -2.24. The maximum atomic E-state index is 12.4. The zero-order valence-electron chi connectivity index (χ0n) is 12.1. The van der Waals surface area contributed by atoms with Crippen molar-refractivity contribution >= 4 is 5.91 Å². The second-order valence-corrected chi connectivity index (χ2v) is 5.46. The van der Waals surface area contributed by atoms with Gasteiger partial charge in [0.2, 0.25) is 11.7 Å². The Kier molecular flexibility index (Phi) is 4.06. The number of hydrogen-bond acceptors (Lipinski definition) is 4. The van der Waals surface area contributed by atoms with Gasteiger partial charge in [-0.2, -0.15) is 18.2 Å². The molecule has 1 fully saturated rings. The Balaban J connectivity index is 1.62. The lowest BCUT2D eigenvalue weighted by Crippen LogP contribution is -2.33. The third kappa shape index (κ3) is 3.52. The van der Waals surface area contributed by atoms with Crippen LogP contribution in [0.1, 0.15) is 30.7 Å². The zero-order chi connectivity index (χ0) is 16.4. The fraction of sp³-hybridized carbons (Fsp3) is 0.400. The van der Waals surface area contributed by atoms with Crippen LogP contribution >= 0.6 is 0 Å². The van der Waals surface area contributed by atoms with Crippen LogP contribution in [0.25, 0.3) is 11.4 Å². The first-order valence-corrected chi connectivity index (χ1v) is 7.21. The number of nitrogens with one attached hydrogen (secondary N) is 1. The van der Waals surface area contributed by atoms with Gasteiger partial charge in [0.15, 0.2) is 0 Å². The van der Waals surface area contributed by atoms with Crippen LogP contribution in [0, 0.1) is 5.92 Å². The van der Waals surface area contributed by atoms with E-state index in [9.17, 15) is 18.0 Å². The smallest absolute Gasteiger partial charge is 0.352 e. The molecule has 1 aromatic heterocycles. The number of amides is 1. The van der Waals surface area contributed by atoms with E-state index in [-0.39, 0.29) is 17.6 Å². The van der Waals surface area contributed by atoms with Gasteiger partial charge in [-0.1, -0.05) is 35.8 Å². The Morgan fingerprint density at radius 1 is 1.26 bits per heavy atom. The number of aromatic nitrogens is 2. The van der Waals surface area contributed by atoms with Crippen molar-refractivity contribution < 1.29 is 22.5 Å². The molecule has 8 heteroatoms. The van der Waals surface area contributed by atoms with Gasteiger partial charge in [0, 0.05) is 18.0 Å². The van der Waals surface area contributed by atoms with E-state index < -0.39 is 12.1 Å². The van der Waals surface area contributed by atoms with Gasteiger partial charge < -0.3 is 9.84 Å². The van der Waals surface area contributed by atoms with Crippen LogP contribution in [0.2, 0.25) is 0 Å². The van der Waals surface area contributed by atoms with Gasteiger partial charge in [-0.05, 0) is 18.4 Å². The van der Waals surface area contributed by atoms with Gasteiger partial charge in [0.25, 0.3) is 0 Å².